The summed E-state index contributed by atoms with van der Waals surface area (Å²) in [5.41, 5.74) is 1.20. The van der Waals surface area contributed by atoms with Crippen LogP contribution in [0.4, 0.5) is 5.69 Å². The van der Waals surface area contributed by atoms with E-state index in [1.165, 1.54) is 31.4 Å². The molecule has 1 aromatic rings. The Morgan fingerprint density at radius 1 is 1.25 bits per heavy atom. The summed E-state index contributed by atoms with van der Waals surface area (Å²) in [6, 6.07) is 10.4. The zero-order valence-electron chi connectivity index (χ0n) is 10.3. The number of rotatable bonds is 8. The first-order valence-corrected chi connectivity index (χ1v) is 6.28. The first-order valence-electron chi connectivity index (χ1n) is 6.28. The van der Waals surface area contributed by atoms with E-state index in [1.807, 2.05) is 6.07 Å². The summed E-state index contributed by atoms with van der Waals surface area (Å²) in [5.74, 6) is 0.590. The molecular weight excluding hydrogens is 194 g/mol. The quantitative estimate of drug-likeness (QED) is 0.500. The Morgan fingerprint density at radius 3 is 2.62 bits per heavy atom. The largest absolute Gasteiger partial charge is 0.384 e. The van der Waals surface area contributed by atoms with Crippen LogP contribution in [0.3, 0.4) is 0 Å². The van der Waals surface area contributed by atoms with Crippen LogP contribution >= 0.6 is 0 Å². The van der Waals surface area contributed by atoms with Crippen LogP contribution < -0.4 is 5.32 Å². The Labute approximate surface area is 99.6 Å². The van der Waals surface area contributed by atoms with Crippen molar-refractivity contribution in [2.45, 2.75) is 32.6 Å². The lowest BCUT2D eigenvalue weighted by atomic mass is 10.0. The van der Waals surface area contributed by atoms with E-state index >= 15 is 0 Å². The summed E-state index contributed by atoms with van der Waals surface area (Å²) < 4.78 is 0. The Morgan fingerprint density at radius 2 is 2.00 bits per heavy atom. The van der Waals surface area contributed by atoms with Gasteiger partial charge in [-0.2, -0.15) is 0 Å². The van der Waals surface area contributed by atoms with Gasteiger partial charge in [-0.3, -0.25) is 0 Å². The molecule has 1 nitrogen and oxygen atoms in total. The standard InChI is InChI=1S/C15H23N/c1-3-5-7-10-14(4-2)13-16-15-11-8-6-9-12-15/h4,6,8-9,11-12,14,16H,2-3,5,7,10,13H2,1H3. The topological polar surface area (TPSA) is 12.0 Å². The second-order valence-corrected chi connectivity index (χ2v) is 4.24. The number of para-hydroxylation sites is 1. The van der Waals surface area contributed by atoms with Crippen molar-refractivity contribution in [1.82, 2.24) is 0 Å². The molecule has 0 aromatic heterocycles. The highest BCUT2D eigenvalue weighted by Crippen LogP contribution is 2.13. The summed E-state index contributed by atoms with van der Waals surface area (Å²) in [5, 5.41) is 3.45. The highest BCUT2D eigenvalue weighted by Gasteiger charge is 2.03. The lowest BCUT2D eigenvalue weighted by Crippen LogP contribution is -2.12. The number of anilines is 1. The molecule has 1 rings (SSSR count). The molecule has 0 heterocycles. The number of benzene rings is 1. The Hall–Kier alpha value is -1.24. The fourth-order valence-corrected chi connectivity index (χ4v) is 1.76. The van der Waals surface area contributed by atoms with Crippen molar-refractivity contribution in [3.05, 3.63) is 43.0 Å². The lowest BCUT2D eigenvalue weighted by Gasteiger charge is -2.14. The van der Waals surface area contributed by atoms with Crippen LogP contribution in [0.25, 0.3) is 0 Å². The first-order chi connectivity index (χ1) is 7.86. The average Bonchev–Trinajstić information content (AvgIpc) is 2.35. The van der Waals surface area contributed by atoms with Crippen LogP contribution in [0, 0.1) is 5.92 Å². The first kappa shape index (κ1) is 12.8. The smallest absolute Gasteiger partial charge is 0.0340 e. The number of hydrogen-bond donors (Lipinski definition) is 1. The van der Waals surface area contributed by atoms with Crippen molar-refractivity contribution < 1.29 is 0 Å². The zero-order valence-corrected chi connectivity index (χ0v) is 10.3. The maximum Gasteiger partial charge on any atom is 0.0340 e. The van der Waals surface area contributed by atoms with E-state index in [-0.39, 0.29) is 0 Å². The molecule has 0 aliphatic carbocycles. The molecule has 0 amide bonds. The molecule has 0 radical (unpaired) electrons. The highest BCUT2D eigenvalue weighted by atomic mass is 14.9. The minimum atomic E-state index is 0.590. The van der Waals surface area contributed by atoms with Crippen molar-refractivity contribution in [3.8, 4) is 0 Å². The molecule has 0 saturated heterocycles. The fraction of sp³-hybridized carbons (Fsp3) is 0.467. The molecule has 0 aliphatic heterocycles. The molecule has 1 atom stereocenters. The third kappa shape index (κ3) is 5.01. The summed E-state index contributed by atoms with van der Waals surface area (Å²) in [6.07, 6.45) is 7.25. The van der Waals surface area contributed by atoms with E-state index in [1.54, 1.807) is 0 Å². The maximum atomic E-state index is 3.91. The van der Waals surface area contributed by atoms with Crippen LogP contribution in [-0.2, 0) is 0 Å². The van der Waals surface area contributed by atoms with Crippen LogP contribution in [0.2, 0.25) is 0 Å². The molecule has 1 aromatic carbocycles. The Kier molecular flexibility index (Phi) is 6.39. The van der Waals surface area contributed by atoms with E-state index < -0.39 is 0 Å². The molecule has 0 aliphatic rings. The van der Waals surface area contributed by atoms with Gasteiger partial charge in [0.2, 0.25) is 0 Å². The van der Waals surface area contributed by atoms with Gasteiger partial charge in [0.25, 0.3) is 0 Å². The number of hydrogen-bond acceptors (Lipinski definition) is 1. The predicted molar refractivity (Wildman–Crippen MR) is 72.8 cm³/mol. The minimum absolute atomic E-state index is 0.590. The second-order valence-electron chi connectivity index (χ2n) is 4.24. The summed E-state index contributed by atoms with van der Waals surface area (Å²) in [7, 11) is 0. The van der Waals surface area contributed by atoms with Gasteiger partial charge < -0.3 is 5.32 Å². The molecule has 1 unspecified atom stereocenters. The molecule has 1 heteroatoms. The number of nitrogens with one attached hydrogen (secondary N) is 1. The van der Waals surface area contributed by atoms with Gasteiger partial charge in [-0.05, 0) is 24.5 Å². The minimum Gasteiger partial charge on any atom is -0.384 e. The van der Waals surface area contributed by atoms with Gasteiger partial charge >= 0.3 is 0 Å². The van der Waals surface area contributed by atoms with Crippen molar-refractivity contribution >= 4 is 5.69 Å². The van der Waals surface area contributed by atoms with Gasteiger partial charge in [0.05, 0.1) is 0 Å². The van der Waals surface area contributed by atoms with Crippen molar-refractivity contribution in [2.24, 2.45) is 5.92 Å². The Bertz CT molecular complexity index is 279. The highest BCUT2D eigenvalue weighted by molar-refractivity contribution is 5.42. The van der Waals surface area contributed by atoms with Gasteiger partial charge in [-0.1, -0.05) is 50.5 Å². The maximum absolute atomic E-state index is 3.91. The SMILES string of the molecule is C=CC(CCCCC)CNc1ccccc1. The summed E-state index contributed by atoms with van der Waals surface area (Å²) in [4.78, 5) is 0. The molecule has 16 heavy (non-hydrogen) atoms. The monoisotopic (exact) mass is 217 g/mol. The summed E-state index contributed by atoms with van der Waals surface area (Å²) in [6.45, 7) is 7.15. The van der Waals surface area contributed by atoms with E-state index in [0.717, 1.165) is 6.54 Å². The second kappa shape index (κ2) is 7.98. The predicted octanol–water partition coefficient (Wildman–Crippen LogP) is 4.48. The molecular formula is C15H23N. The van der Waals surface area contributed by atoms with Crippen LogP contribution in [0.5, 0.6) is 0 Å². The third-order valence-electron chi connectivity index (χ3n) is 2.85. The fourth-order valence-electron chi connectivity index (χ4n) is 1.76. The van der Waals surface area contributed by atoms with Crippen molar-refractivity contribution in [1.29, 1.82) is 0 Å². The van der Waals surface area contributed by atoms with Crippen molar-refractivity contribution in [3.63, 3.8) is 0 Å². The van der Waals surface area contributed by atoms with E-state index in [2.05, 4.69) is 49.2 Å². The van der Waals surface area contributed by atoms with Gasteiger partial charge in [-0.15, -0.1) is 6.58 Å². The van der Waals surface area contributed by atoms with Crippen molar-refractivity contribution in [2.75, 3.05) is 11.9 Å². The summed E-state index contributed by atoms with van der Waals surface area (Å²) >= 11 is 0. The van der Waals surface area contributed by atoms with Gasteiger partial charge in [0.15, 0.2) is 0 Å². The van der Waals surface area contributed by atoms with E-state index in [4.69, 9.17) is 0 Å². The molecule has 0 bridgehead atoms. The van der Waals surface area contributed by atoms with Gasteiger partial charge in [0, 0.05) is 12.2 Å². The van der Waals surface area contributed by atoms with Crippen LogP contribution in [0.15, 0.2) is 43.0 Å². The van der Waals surface area contributed by atoms with Gasteiger partial charge in [-0.25, -0.2) is 0 Å². The van der Waals surface area contributed by atoms with E-state index in [0.29, 0.717) is 5.92 Å². The normalized spacial score (nSPS) is 12.1. The molecule has 1 N–H and O–H groups in total. The van der Waals surface area contributed by atoms with Crippen LogP contribution in [0.1, 0.15) is 32.6 Å². The molecule has 0 fully saturated rings. The van der Waals surface area contributed by atoms with Gasteiger partial charge in [0.1, 0.15) is 0 Å². The zero-order chi connectivity index (χ0) is 11.6. The lowest BCUT2D eigenvalue weighted by molar-refractivity contribution is 0.559. The van der Waals surface area contributed by atoms with E-state index in [9.17, 15) is 0 Å². The molecule has 88 valence electrons. The average molecular weight is 217 g/mol. The Balaban J connectivity index is 2.26. The molecule has 0 saturated carbocycles. The third-order valence-corrected chi connectivity index (χ3v) is 2.85. The van der Waals surface area contributed by atoms with Crippen LogP contribution in [-0.4, -0.2) is 6.54 Å². The number of unbranched alkanes of at least 4 members (excludes halogenated alkanes) is 2. The molecule has 0 spiro atoms.